The first kappa shape index (κ1) is 24.6. The summed E-state index contributed by atoms with van der Waals surface area (Å²) in [6, 6.07) is 12.3. The number of hydrogen-bond donors (Lipinski definition) is 0. The maximum absolute atomic E-state index is 13.7. The number of hydrogen-bond acceptors (Lipinski definition) is 8. The summed E-state index contributed by atoms with van der Waals surface area (Å²) in [4.78, 5) is 6.41. The summed E-state index contributed by atoms with van der Waals surface area (Å²) in [5.41, 5.74) is 3.24. The molecule has 4 heterocycles. The van der Waals surface area contributed by atoms with Crippen LogP contribution in [0.25, 0.3) is 11.8 Å². The minimum Gasteiger partial charge on any atom is -0.494 e. The van der Waals surface area contributed by atoms with Gasteiger partial charge in [-0.15, -0.1) is 0 Å². The number of hydrazone groups is 1. The van der Waals surface area contributed by atoms with Crippen molar-refractivity contribution in [2.24, 2.45) is 10.5 Å². The molecule has 0 N–H and O–H groups in total. The minimum absolute atomic E-state index is 0.0792. The molecule has 11 heteroatoms. The molecule has 1 unspecified atom stereocenters. The van der Waals surface area contributed by atoms with Crippen molar-refractivity contribution < 1.29 is 17.5 Å². The van der Waals surface area contributed by atoms with Gasteiger partial charge in [0.1, 0.15) is 29.4 Å². The first-order chi connectivity index (χ1) is 18.1. The van der Waals surface area contributed by atoms with E-state index in [2.05, 4.69) is 21.1 Å². The highest BCUT2D eigenvalue weighted by molar-refractivity contribution is 7.92. The van der Waals surface area contributed by atoms with E-state index in [0.29, 0.717) is 31.1 Å². The molecule has 38 heavy (non-hydrogen) atoms. The smallest absolute Gasteiger partial charge is 0.152 e. The first-order valence-electron chi connectivity index (χ1n) is 12.4. The van der Waals surface area contributed by atoms with Crippen molar-refractivity contribution in [3.05, 3.63) is 77.1 Å². The van der Waals surface area contributed by atoms with Gasteiger partial charge in [0.05, 0.1) is 31.2 Å². The average molecular weight is 537 g/mol. The van der Waals surface area contributed by atoms with Gasteiger partial charge in [0.25, 0.3) is 0 Å². The number of aryl methyl sites for hydroxylation is 1. The number of methoxy groups -OCH3 is 1. The maximum Gasteiger partial charge on any atom is 0.152 e. The molecule has 198 valence electrons. The summed E-state index contributed by atoms with van der Waals surface area (Å²) in [5.74, 6) is 2.15. The van der Waals surface area contributed by atoms with Crippen molar-refractivity contribution >= 4 is 21.7 Å². The Balaban J connectivity index is 1.42. The van der Waals surface area contributed by atoms with Gasteiger partial charge in [0.15, 0.2) is 15.7 Å². The molecule has 0 amide bonds. The summed E-state index contributed by atoms with van der Waals surface area (Å²) in [5, 5.41) is 11.2. The van der Waals surface area contributed by atoms with Crippen LogP contribution < -0.4 is 4.74 Å². The first-order valence-corrected chi connectivity index (χ1v) is 14.3. The molecule has 3 aliphatic rings. The predicted molar refractivity (Wildman–Crippen MR) is 142 cm³/mol. The fraction of sp³-hybridized carbons (Fsp3) is 0.370. The van der Waals surface area contributed by atoms with Crippen LogP contribution in [0, 0.1) is 18.2 Å². The summed E-state index contributed by atoms with van der Waals surface area (Å²) in [7, 11) is 0.483. The van der Waals surface area contributed by atoms with Crippen LogP contribution in [0.4, 0.5) is 4.39 Å². The zero-order chi connectivity index (χ0) is 26.7. The molecular formula is C27H29FN6O3S. The number of piperidine rings is 1. The molecule has 9 nitrogen and oxygen atoms in total. The maximum atomic E-state index is 13.7. The van der Waals surface area contributed by atoms with Crippen molar-refractivity contribution in [2.45, 2.75) is 19.4 Å². The standard InChI is InChI=1S/C27H29FN6O3S/c1-18-29-17-34(30-18)23-9-4-19(11-25(23)37-3)10-21-12-27(15-38(35,36)16-27)14-33-24(13-32(2)31-26(21)33)20-5-7-22(28)8-6-20/h4-11,17,24H,12-16H2,1-3H3. The van der Waals surface area contributed by atoms with Gasteiger partial charge in [-0.05, 0) is 60.4 Å². The minimum atomic E-state index is -3.06. The van der Waals surface area contributed by atoms with Crippen molar-refractivity contribution in [3.8, 4) is 11.4 Å². The average Bonchev–Trinajstić information content (AvgIpc) is 3.29. The van der Waals surface area contributed by atoms with Crippen molar-refractivity contribution in [3.63, 3.8) is 0 Å². The van der Waals surface area contributed by atoms with E-state index >= 15 is 0 Å². The quantitative estimate of drug-likeness (QED) is 0.506. The van der Waals surface area contributed by atoms with Crippen molar-refractivity contribution in [1.29, 1.82) is 0 Å². The second-order valence-electron chi connectivity index (χ2n) is 10.5. The zero-order valence-electron chi connectivity index (χ0n) is 21.5. The number of fused-ring (bicyclic) bond motifs is 1. The van der Waals surface area contributed by atoms with Crippen LogP contribution in [-0.2, 0) is 9.84 Å². The van der Waals surface area contributed by atoms with E-state index in [1.54, 1.807) is 30.3 Å². The lowest BCUT2D eigenvalue weighted by molar-refractivity contribution is 0.127. The summed E-state index contributed by atoms with van der Waals surface area (Å²) < 4.78 is 45.7. The lowest BCUT2D eigenvalue weighted by Gasteiger charge is -2.53. The topological polar surface area (TPSA) is 92.9 Å². The molecule has 1 aromatic heterocycles. The molecule has 1 atom stereocenters. The van der Waals surface area contributed by atoms with Crippen LogP contribution in [0.5, 0.6) is 5.75 Å². The van der Waals surface area contributed by atoms with Crippen molar-refractivity contribution in [2.75, 3.05) is 38.8 Å². The van der Waals surface area contributed by atoms with Gasteiger partial charge in [0, 0.05) is 19.0 Å². The molecule has 2 fully saturated rings. The van der Waals surface area contributed by atoms with E-state index in [4.69, 9.17) is 9.84 Å². The second-order valence-corrected chi connectivity index (χ2v) is 12.6. The molecule has 0 aliphatic carbocycles. The van der Waals surface area contributed by atoms with E-state index in [1.807, 2.05) is 37.2 Å². The monoisotopic (exact) mass is 536 g/mol. The molecule has 2 saturated heterocycles. The zero-order valence-corrected chi connectivity index (χ0v) is 22.3. The van der Waals surface area contributed by atoms with Gasteiger partial charge in [-0.25, -0.2) is 22.5 Å². The summed E-state index contributed by atoms with van der Waals surface area (Å²) in [6.45, 7) is 3.03. The summed E-state index contributed by atoms with van der Waals surface area (Å²) in [6.07, 6.45) is 4.32. The Morgan fingerprint density at radius 2 is 1.92 bits per heavy atom. The highest BCUT2D eigenvalue weighted by atomic mass is 32.2. The van der Waals surface area contributed by atoms with Crippen LogP contribution >= 0.6 is 0 Å². The summed E-state index contributed by atoms with van der Waals surface area (Å²) >= 11 is 0. The van der Waals surface area contributed by atoms with Crippen molar-refractivity contribution in [1.82, 2.24) is 24.7 Å². The third-order valence-electron chi connectivity index (χ3n) is 7.41. The Morgan fingerprint density at radius 3 is 2.58 bits per heavy atom. The third kappa shape index (κ3) is 4.44. The molecule has 0 bridgehead atoms. The van der Waals surface area contributed by atoms with Gasteiger partial charge in [0.2, 0.25) is 0 Å². The Kier molecular flexibility index (Phi) is 5.78. The van der Waals surface area contributed by atoms with E-state index in [1.165, 1.54) is 12.1 Å². The molecule has 3 aromatic rings. The van der Waals surface area contributed by atoms with Gasteiger partial charge in [-0.2, -0.15) is 10.2 Å². The van der Waals surface area contributed by atoms with Gasteiger partial charge >= 0.3 is 0 Å². The Hall–Kier alpha value is -3.73. The number of benzene rings is 2. The molecule has 0 saturated carbocycles. The molecule has 6 rings (SSSR count). The van der Waals surface area contributed by atoms with Crippen LogP contribution in [-0.4, -0.2) is 77.7 Å². The lowest BCUT2D eigenvalue weighted by atomic mass is 9.78. The number of rotatable bonds is 4. The molecule has 0 radical (unpaired) electrons. The van der Waals surface area contributed by atoms with Crippen LogP contribution in [0.3, 0.4) is 0 Å². The highest BCUT2D eigenvalue weighted by Crippen LogP contribution is 2.47. The number of likely N-dealkylation sites (N-methyl/N-ethyl adjacent to an activating group) is 1. The van der Waals surface area contributed by atoms with Gasteiger partial charge < -0.3 is 9.64 Å². The Bertz CT molecular complexity index is 1550. The fourth-order valence-corrected chi connectivity index (χ4v) is 8.06. The number of sulfone groups is 1. The van der Waals surface area contributed by atoms with Crippen LogP contribution in [0.1, 0.15) is 29.4 Å². The highest BCUT2D eigenvalue weighted by Gasteiger charge is 2.54. The van der Waals surface area contributed by atoms with Crippen LogP contribution in [0.15, 0.2) is 59.5 Å². The van der Waals surface area contributed by atoms with E-state index in [-0.39, 0.29) is 28.8 Å². The van der Waals surface area contributed by atoms with E-state index < -0.39 is 9.84 Å². The van der Waals surface area contributed by atoms with Gasteiger partial charge in [-0.3, -0.25) is 5.01 Å². The SMILES string of the molecule is COc1cc(C=C2CC3(CN4C2=NN(C)CC4c2ccc(F)cc2)CS(=O)(=O)C3)ccc1-n1cnc(C)n1. The molecular weight excluding hydrogens is 507 g/mol. The Labute approximate surface area is 221 Å². The lowest BCUT2D eigenvalue weighted by Crippen LogP contribution is -2.62. The number of amidine groups is 1. The second kappa shape index (κ2) is 8.93. The largest absolute Gasteiger partial charge is 0.494 e. The number of ether oxygens (including phenoxy) is 1. The molecule has 3 aliphatic heterocycles. The van der Waals surface area contributed by atoms with E-state index in [0.717, 1.165) is 28.2 Å². The number of halogens is 1. The van der Waals surface area contributed by atoms with Gasteiger partial charge in [-0.1, -0.05) is 18.2 Å². The normalized spacial score (nSPS) is 22.7. The molecule has 1 spiro atoms. The predicted octanol–water partition coefficient (Wildman–Crippen LogP) is 3.23. The fourth-order valence-electron chi connectivity index (χ4n) is 5.90. The Morgan fingerprint density at radius 1 is 1.16 bits per heavy atom. The third-order valence-corrected chi connectivity index (χ3v) is 9.52. The molecule has 2 aromatic carbocycles. The van der Waals surface area contributed by atoms with Crippen LogP contribution in [0.2, 0.25) is 0 Å². The number of nitrogens with zero attached hydrogens (tertiary/aromatic N) is 6. The number of aromatic nitrogens is 3. The van der Waals surface area contributed by atoms with E-state index in [9.17, 15) is 12.8 Å².